The summed E-state index contributed by atoms with van der Waals surface area (Å²) in [6, 6.07) is 5.65. The molecule has 1 aliphatic heterocycles. The lowest BCUT2D eigenvalue weighted by Gasteiger charge is -2.29. The van der Waals surface area contributed by atoms with Gasteiger partial charge in [0.2, 0.25) is 0 Å². The van der Waals surface area contributed by atoms with E-state index in [1.165, 1.54) is 0 Å². The van der Waals surface area contributed by atoms with Crippen LogP contribution in [0, 0.1) is 12.8 Å². The van der Waals surface area contributed by atoms with E-state index in [9.17, 15) is 9.90 Å². The number of para-hydroxylation sites is 1. The van der Waals surface area contributed by atoms with Crippen molar-refractivity contribution in [2.75, 3.05) is 13.2 Å². The Hall–Kier alpha value is -1.88. The number of benzene rings is 1. The molecule has 3 rings (SSSR count). The molecule has 1 fully saturated rings. The van der Waals surface area contributed by atoms with E-state index in [0.717, 1.165) is 37.4 Å². The van der Waals surface area contributed by atoms with Crippen molar-refractivity contribution in [2.45, 2.75) is 32.7 Å². The second-order valence-electron chi connectivity index (χ2n) is 5.70. The van der Waals surface area contributed by atoms with Crippen LogP contribution < -0.4 is 0 Å². The summed E-state index contributed by atoms with van der Waals surface area (Å²) in [5.74, 6) is 0.491. The van der Waals surface area contributed by atoms with Crippen LogP contribution in [0.4, 0.5) is 0 Å². The van der Waals surface area contributed by atoms with Gasteiger partial charge in [-0.15, -0.1) is 0 Å². The number of carboxylic acids is 1. The first-order valence-corrected chi connectivity index (χ1v) is 7.38. The highest BCUT2D eigenvalue weighted by Crippen LogP contribution is 2.32. The minimum atomic E-state index is -0.927. The number of hydrogen-bond acceptors (Lipinski definition) is 3. The molecule has 1 unspecified atom stereocenters. The average Bonchev–Trinajstić information content (AvgIpc) is 2.82. The van der Waals surface area contributed by atoms with E-state index in [-0.39, 0.29) is 5.56 Å². The second kappa shape index (κ2) is 5.48. The number of imidazole rings is 1. The van der Waals surface area contributed by atoms with Crippen molar-refractivity contribution in [3.63, 3.8) is 0 Å². The molecule has 1 N–H and O–H groups in total. The van der Waals surface area contributed by atoms with Gasteiger partial charge in [-0.05, 0) is 44.7 Å². The summed E-state index contributed by atoms with van der Waals surface area (Å²) >= 11 is 0. The molecular formula is C16H20N2O3. The Bertz CT molecular complexity index is 671. The molecule has 1 aromatic carbocycles. The Labute approximate surface area is 123 Å². The fourth-order valence-corrected chi connectivity index (χ4v) is 3.33. The molecule has 5 heteroatoms. The molecule has 0 amide bonds. The Kier molecular flexibility index (Phi) is 3.68. The molecule has 2 aromatic rings. The number of aryl methyl sites for hydroxylation is 1. The topological polar surface area (TPSA) is 64.3 Å². The Morgan fingerprint density at radius 2 is 2.14 bits per heavy atom. The van der Waals surface area contributed by atoms with Crippen molar-refractivity contribution >= 4 is 17.0 Å². The number of fused-ring (bicyclic) bond motifs is 1. The lowest BCUT2D eigenvalue weighted by molar-refractivity contribution is 0.0516. The quantitative estimate of drug-likeness (QED) is 0.943. The molecule has 0 bridgehead atoms. The summed E-state index contributed by atoms with van der Waals surface area (Å²) in [6.07, 6.45) is 2.08. The van der Waals surface area contributed by atoms with Gasteiger partial charge in [-0.3, -0.25) is 0 Å². The van der Waals surface area contributed by atoms with Crippen molar-refractivity contribution in [1.82, 2.24) is 9.55 Å². The first kappa shape index (κ1) is 14.1. The molecule has 0 radical (unpaired) electrons. The van der Waals surface area contributed by atoms with Gasteiger partial charge < -0.3 is 14.4 Å². The molecule has 0 saturated carbocycles. The third kappa shape index (κ3) is 2.42. The van der Waals surface area contributed by atoms with Crippen LogP contribution in [0.2, 0.25) is 0 Å². The zero-order valence-electron chi connectivity index (χ0n) is 12.4. The fraction of sp³-hybridized carbons (Fsp3) is 0.500. The van der Waals surface area contributed by atoms with Gasteiger partial charge >= 0.3 is 5.97 Å². The zero-order valence-corrected chi connectivity index (χ0v) is 12.4. The maximum Gasteiger partial charge on any atom is 0.337 e. The highest BCUT2D eigenvalue weighted by molar-refractivity contribution is 6.01. The molecular weight excluding hydrogens is 268 g/mol. The van der Waals surface area contributed by atoms with E-state index in [4.69, 9.17) is 4.74 Å². The van der Waals surface area contributed by atoms with Crippen molar-refractivity contribution < 1.29 is 14.6 Å². The summed E-state index contributed by atoms with van der Waals surface area (Å²) in [5, 5.41) is 9.30. The van der Waals surface area contributed by atoms with Gasteiger partial charge in [0.05, 0.1) is 11.1 Å². The van der Waals surface area contributed by atoms with Gasteiger partial charge in [0.15, 0.2) is 0 Å². The number of carboxylic acid groups (broad SMARTS) is 1. The van der Waals surface area contributed by atoms with Crippen LogP contribution in [0.1, 0.15) is 42.0 Å². The average molecular weight is 288 g/mol. The lowest BCUT2D eigenvalue weighted by Crippen LogP contribution is -2.24. The minimum absolute atomic E-state index is 0.272. The summed E-state index contributed by atoms with van der Waals surface area (Å²) in [4.78, 5) is 15.8. The van der Waals surface area contributed by atoms with Gasteiger partial charge in [0.25, 0.3) is 0 Å². The van der Waals surface area contributed by atoms with E-state index in [2.05, 4.69) is 16.5 Å². The standard InChI is InChI=1S/C16H20N2O3/c1-10(12-6-8-21-9-7-12)18-11(2)17-15-13(16(19)20)4-3-5-14(15)18/h3-5,10,12H,6-9H2,1-2H3,(H,19,20). The molecule has 0 aliphatic carbocycles. The number of aromatic nitrogens is 2. The van der Waals surface area contributed by atoms with Crippen molar-refractivity contribution in [3.05, 3.63) is 29.6 Å². The maximum atomic E-state index is 11.3. The number of carbonyl (C=O) groups is 1. The van der Waals surface area contributed by atoms with Crippen LogP contribution in [-0.4, -0.2) is 33.8 Å². The summed E-state index contributed by atoms with van der Waals surface area (Å²) in [6.45, 7) is 5.75. The molecule has 1 aliphatic rings. The Morgan fingerprint density at radius 3 is 2.81 bits per heavy atom. The van der Waals surface area contributed by atoms with Crippen LogP contribution in [0.5, 0.6) is 0 Å². The third-order valence-corrected chi connectivity index (χ3v) is 4.48. The third-order valence-electron chi connectivity index (χ3n) is 4.48. The SMILES string of the molecule is Cc1nc2c(C(=O)O)cccc2n1C(C)C1CCOCC1. The normalized spacial score (nSPS) is 18.0. The van der Waals surface area contributed by atoms with Gasteiger partial charge in [0, 0.05) is 19.3 Å². The number of hydrogen-bond donors (Lipinski definition) is 1. The van der Waals surface area contributed by atoms with E-state index < -0.39 is 5.97 Å². The zero-order chi connectivity index (χ0) is 15.0. The number of ether oxygens (including phenoxy) is 1. The van der Waals surface area contributed by atoms with Gasteiger partial charge in [-0.2, -0.15) is 0 Å². The number of rotatable bonds is 3. The van der Waals surface area contributed by atoms with Crippen LogP contribution in [0.15, 0.2) is 18.2 Å². The van der Waals surface area contributed by atoms with Crippen molar-refractivity contribution in [3.8, 4) is 0 Å². The predicted molar refractivity (Wildman–Crippen MR) is 79.7 cm³/mol. The maximum absolute atomic E-state index is 11.3. The summed E-state index contributed by atoms with van der Waals surface area (Å²) in [7, 11) is 0. The van der Waals surface area contributed by atoms with E-state index in [0.29, 0.717) is 17.5 Å². The molecule has 2 heterocycles. The summed E-state index contributed by atoms with van der Waals surface area (Å²) in [5.41, 5.74) is 1.77. The first-order chi connectivity index (χ1) is 10.1. The Balaban J connectivity index is 2.07. The molecule has 1 saturated heterocycles. The number of aromatic carboxylic acids is 1. The monoisotopic (exact) mass is 288 g/mol. The largest absolute Gasteiger partial charge is 0.478 e. The molecule has 21 heavy (non-hydrogen) atoms. The van der Waals surface area contributed by atoms with Crippen LogP contribution in [-0.2, 0) is 4.74 Å². The smallest absolute Gasteiger partial charge is 0.337 e. The van der Waals surface area contributed by atoms with Gasteiger partial charge in [-0.1, -0.05) is 6.07 Å². The highest BCUT2D eigenvalue weighted by Gasteiger charge is 2.25. The van der Waals surface area contributed by atoms with Crippen LogP contribution >= 0.6 is 0 Å². The lowest BCUT2D eigenvalue weighted by atomic mass is 9.92. The molecule has 5 nitrogen and oxygen atoms in total. The van der Waals surface area contributed by atoms with Crippen LogP contribution in [0.3, 0.4) is 0 Å². The fourth-order valence-electron chi connectivity index (χ4n) is 3.33. The van der Waals surface area contributed by atoms with E-state index in [1.807, 2.05) is 13.0 Å². The van der Waals surface area contributed by atoms with E-state index in [1.54, 1.807) is 12.1 Å². The van der Waals surface area contributed by atoms with Crippen LogP contribution in [0.25, 0.3) is 11.0 Å². The van der Waals surface area contributed by atoms with Crippen molar-refractivity contribution in [1.29, 1.82) is 0 Å². The Morgan fingerprint density at radius 1 is 1.43 bits per heavy atom. The van der Waals surface area contributed by atoms with Gasteiger partial charge in [-0.25, -0.2) is 9.78 Å². The predicted octanol–water partition coefficient (Wildman–Crippen LogP) is 3.03. The van der Waals surface area contributed by atoms with Crippen molar-refractivity contribution in [2.24, 2.45) is 5.92 Å². The molecule has 112 valence electrons. The first-order valence-electron chi connectivity index (χ1n) is 7.38. The highest BCUT2D eigenvalue weighted by atomic mass is 16.5. The summed E-state index contributed by atoms with van der Waals surface area (Å²) < 4.78 is 7.61. The number of nitrogens with zero attached hydrogens (tertiary/aromatic N) is 2. The molecule has 0 spiro atoms. The molecule has 1 atom stereocenters. The van der Waals surface area contributed by atoms with E-state index >= 15 is 0 Å². The minimum Gasteiger partial charge on any atom is -0.478 e. The second-order valence-corrected chi connectivity index (χ2v) is 5.70. The molecule has 1 aromatic heterocycles. The van der Waals surface area contributed by atoms with Gasteiger partial charge in [0.1, 0.15) is 11.3 Å².